The Morgan fingerprint density at radius 2 is 1.12 bits per heavy atom. The van der Waals surface area contributed by atoms with Gasteiger partial charge in [0.05, 0.1) is 5.92 Å². The molecule has 33 heavy (non-hydrogen) atoms. The Kier molecular flexibility index (Phi) is 7.17. The molecule has 0 spiro atoms. The number of carbonyl (C=O) groups is 1. The monoisotopic (exact) mass is 442 g/mol. The van der Waals surface area contributed by atoms with E-state index >= 15 is 0 Å². The van der Waals surface area contributed by atoms with Gasteiger partial charge in [0.1, 0.15) is 5.75 Å². The first-order valence-electron chi connectivity index (χ1n) is 11.9. The van der Waals surface area contributed by atoms with Crippen molar-refractivity contribution in [1.29, 1.82) is 0 Å². The van der Waals surface area contributed by atoms with E-state index in [9.17, 15) is 4.79 Å². The van der Waals surface area contributed by atoms with Crippen LogP contribution in [0.1, 0.15) is 82.2 Å². The van der Waals surface area contributed by atoms with Crippen LogP contribution in [0.3, 0.4) is 0 Å². The largest absolute Gasteiger partial charge is 0.426 e. The zero-order chi connectivity index (χ0) is 24.4. The first kappa shape index (κ1) is 24.8. The molecule has 0 N–H and O–H groups in total. The summed E-state index contributed by atoms with van der Waals surface area (Å²) < 4.78 is 6.33. The van der Waals surface area contributed by atoms with Crippen LogP contribution in [0, 0.1) is 12.8 Å². The molecule has 0 aliphatic rings. The van der Waals surface area contributed by atoms with Crippen LogP contribution >= 0.6 is 0 Å². The van der Waals surface area contributed by atoms with Crippen LogP contribution < -0.4 is 4.74 Å². The molecule has 0 bridgehead atoms. The van der Waals surface area contributed by atoms with Gasteiger partial charge in [-0.25, -0.2) is 0 Å². The predicted molar refractivity (Wildman–Crippen MR) is 138 cm³/mol. The van der Waals surface area contributed by atoms with Gasteiger partial charge in [0.15, 0.2) is 0 Å². The smallest absolute Gasteiger partial charge is 0.315 e. The van der Waals surface area contributed by atoms with Crippen LogP contribution in [0.15, 0.2) is 72.8 Å². The fourth-order valence-corrected chi connectivity index (χ4v) is 4.42. The Hall–Kier alpha value is -2.87. The van der Waals surface area contributed by atoms with E-state index in [1.54, 1.807) is 0 Å². The lowest BCUT2D eigenvalue weighted by atomic mass is 9.78. The Labute approximate surface area is 200 Å². The summed E-state index contributed by atoms with van der Waals surface area (Å²) in [5, 5.41) is 0. The topological polar surface area (TPSA) is 26.3 Å². The molecule has 0 saturated heterocycles. The lowest BCUT2D eigenvalue weighted by Crippen LogP contribution is -2.28. The highest BCUT2D eigenvalue weighted by Gasteiger charge is 2.33. The van der Waals surface area contributed by atoms with Gasteiger partial charge in [0.2, 0.25) is 0 Å². The van der Waals surface area contributed by atoms with Gasteiger partial charge in [0, 0.05) is 17.0 Å². The van der Waals surface area contributed by atoms with E-state index in [-0.39, 0.29) is 28.6 Å². The summed E-state index contributed by atoms with van der Waals surface area (Å²) >= 11 is 0. The van der Waals surface area contributed by atoms with E-state index in [2.05, 4.69) is 84.9 Å². The maximum Gasteiger partial charge on any atom is 0.315 e. The summed E-state index contributed by atoms with van der Waals surface area (Å²) in [4.78, 5) is 13.7. The van der Waals surface area contributed by atoms with Gasteiger partial charge < -0.3 is 4.74 Å². The third kappa shape index (κ3) is 5.74. The number of benzene rings is 3. The van der Waals surface area contributed by atoms with E-state index in [1.807, 2.05) is 43.3 Å². The number of aryl methyl sites for hydroxylation is 1. The molecule has 2 nitrogen and oxygen atoms in total. The molecule has 0 saturated carbocycles. The minimum absolute atomic E-state index is 0.0819. The maximum absolute atomic E-state index is 13.7. The van der Waals surface area contributed by atoms with E-state index in [4.69, 9.17) is 4.74 Å². The SMILES string of the molecule is Cc1cc(C(C)(C)C)c(OC(=O)C(C)C(c2ccccc2)c2ccccc2)c(C(C)(C)C)c1. The van der Waals surface area contributed by atoms with Crippen LogP contribution in [0.25, 0.3) is 0 Å². The fraction of sp³-hybridized carbons (Fsp3) is 0.387. The first-order valence-corrected chi connectivity index (χ1v) is 11.9. The van der Waals surface area contributed by atoms with Crippen molar-refractivity contribution in [2.75, 3.05) is 0 Å². The van der Waals surface area contributed by atoms with E-state index < -0.39 is 0 Å². The van der Waals surface area contributed by atoms with Crippen molar-refractivity contribution in [2.45, 2.75) is 72.1 Å². The molecule has 0 radical (unpaired) electrons. The minimum atomic E-state index is -0.350. The van der Waals surface area contributed by atoms with Crippen LogP contribution in [0.5, 0.6) is 5.75 Å². The van der Waals surface area contributed by atoms with Gasteiger partial charge in [-0.05, 0) is 28.9 Å². The van der Waals surface area contributed by atoms with Crippen molar-refractivity contribution in [3.63, 3.8) is 0 Å². The Bertz CT molecular complexity index is 1010. The highest BCUT2D eigenvalue weighted by atomic mass is 16.5. The molecule has 1 unspecified atom stereocenters. The van der Waals surface area contributed by atoms with Gasteiger partial charge in [0.25, 0.3) is 0 Å². The number of hydrogen-bond donors (Lipinski definition) is 0. The second kappa shape index (κ2) is 9.55. The van der Waals surface area contributed by atoms with E-state index in [1.165, 1.54) is 5.56 Å². The average Bonchev–Trinajstić information content (AvgIpc) is 2.74. The normalized spacial score (nSPS) is 13.1. The predicted octanol–water partition coefficient (Wildman–Crippen LogP) is 7.96. The molecule has 174 valence electrons. The molecule has 0 fully saturated rings. The first-order chi connectivity index (χ1) is 15.4. The summed E-state index contributed by atoms with van der Waals surface area (Å²) in [6.45, 7) is 17.1. The molecule has 3 aromatic carbocycles. The zero-order valence-electron chi connectivity index (χ0n) is 21.4. The van der Waals surface area contributed by atoms with Crippen LogP contribution in [-0.4, -0.2) is 5.97 Å². The minimum Gasteiger partial charge on any atom is -0.426 e. The second-order valence-corrected chi connectivity index (χ2v) is 11.2. The molecule has 0 heterocycles. The standard InChI is InChI=1S/C31H38O2/c1-21-19-25(30(3,4)5)28(26(20-21)31(6,7)8)33-29(32)22(2)27(23-15-11-9-12-16-23)24-17-13-10-14-18-24/h9-20,22,27H,1-8H3. The molecule has 3 rings (SSSR count). The zero-order valence-corrected chi connectivity index (χ0v) is 21.4. The van der Waals surface area contributed by atoms with Crippen LogP contribution in [0.4, 0.5) is 0 Å². The number of esters is 1. The van der Waals surface area contributed by atoms with Crippen molar-refractivity contribution >= 4 is 5.97 Å². The summed E-state index contributed by atoms with van der Waals surface area (Å²) in [7, 11) is 0. The Morgan fingerprint density at radius 1 is 0.727 bits per heavy atom. The van der Waals surface area contributed by atoms with E-state index in [0.29, 0.717) is 0 Å². The molecule has 0 aromatic heterocycles. The number of ether oxygens (including phenoxy) is 1. The van der Waals surface area contributed by atoms with Crippen LogP contribution in [0.2, 0.25) is 0 Å². The molecule has 3 aromatic rings. The quantitative estimate of drug-likeness (QED) is 0.296. The molecule has 0 amide bonds. The highest BCUT2D eigenvalue weighted by Crippen LogP contribution is 2.42. The van der Waals surface area contributed by atoms with Crippen molar-refractivity contribution in [1.82, 2.24) is 0 Å². The van der Waals surface area contributed by atoms with Crippen molar-refractivity contribution in [2.24, 2.45) is 5.92 Å². The van der Waals surface area contributed by atoms with Gasteiger partial charge in [-0.3, -0.25) is 4.79 Å². The molecular weight excluding hydrogens is 404 g/mol. The van der Waals surface area contributed by atoms with Crippen molar-refractivity contribution in [3.8, 4) is 5.75 Å². The third-order valence-electron chi connectivity index (χ3n) is 6.24. The number of carbonyl (C=O) groups excluding carboxylic acids is 1. The number of hydrogen-bond acceptors (Lipinski definition) is 2. The summed E-state index contributed by atoms with van der Waals surface area (Å²) in [6, 6.07) is 24.8. The molecule has 0 aliphatic heterocycles. The summed E-state index contributed by atoms with van der Waals surface area (Å²) in [5.41, 5.74) is 5.26. The molecular formula is C31H38O2. The van der Waals surface area contributed by atoms with Gasteiger partial charge in [-0.2, -0.15) is 0 Å². The Balaban J connectivity index is 2.07. The lowest BCUT2D eigenvalue weighted by Gasteiger charge is -2.31. The third-order valence-corrected chi connectivity index (χ3v) is 6.24. The highest BCUT2D eigenvalue weighted by molar-refractivity contribution is 5.78. The van der Waals surface area contributed by atoms with E-state index in [0.717, 1.165) is 28.0 Å². The van der Waals surface area contributed by atoms with Crippen LogP contribution in [-0.2, 0) is 15.6 Å². The van der Waals surface area contributed by atoms with Gasteiger partial charge >= 0.3 is 5.97 Å². The molecule has 0 aliphatic carbocycles. The lowest BCUT2D eigenvalue weighted by molar-refractivity contribution is -0.139. The van der Waals surface area contributed by atoms with Gasteiger partial charge in [-0.1, -0.05) is 127 Å². The summed E-state index contributed by atoms with van der Waals surface area (Å²) in [6.07, 6.45) is 0. The average molecular weight is 443 g/mol. The number of rotatable bonds is 5. The second-order valence-electron chi connectivity index (χ2n) is 11.2. The molecule has 2 heteroatoms. The van der Waals surface area contributed by atoms with Gasteiger partial charge in [-0.15, -0.1) is 0 Å². The fourth-order valence-electron chi connectivity index (χ4n) is 4.42. The maximum atomic E-state index is 13.7. The Morgan fingerprint density at radius 3 is 1.48 bits per heavy atom. The molecule has 1 atom stereocenters. The summed E-state index contributed by atoms with van der Waals surface area (Å²) in [5.74, 6) is 0.0862. The van der Waals surface area contributed by atoms with Crippen molar-refractivity contribution in [3.05, 3.63) is 101 Å². The van der Waals surface area contributed by atoms with Crippen molar-refractivity contribution < 1.29 is 9.53 Å².